The molecule has 9 heteroatoms. The van der Waals surface area contributed by atoms with Gasteiger partial charge in [-0.25, -0.2) is 4.79 Å². The first-order valence-corrected chi connectivity index (χ1v) is 7.72. The van der Waals surface area contributed by atoms with Crippen LogP contribution in [0.1, 0.15) is 18.4 Å². The minimum absolute atomic E-state index is 0.0509. The number of ether oxygens (including phenoxy) is 1. The first-order valence-electron chi connectivity index (χ1n) is 7.72. The van der Waals surface area contributed by atoms with E-state index in [9.17, 15) is 23.2 Å². The second-order valence-electron chi connectivity index (χ2n) is 5.59. The average Bonchev–Trinajstić information content (AvgIpc) is 2.80. The molecule has 0 unspecified atom stereocenters. The third-order valence-corrected chi connectivity index (χ3v) is 3.65. The highest BCUT2D eigenvalue weighted by Crippen LogP contribution is 2.15. The van der Waals surface area contributed by atoms with E-state index >= 15 is 0 Å². The van der Waals surface area contributed by atoms with Crippen LogP contribution in [0.2, 0.25) is 0 Å². The number of urea groups is 1. The van der Waals surface area contributed by atoms with Gasteiger partial charge >= 0.3 is 12.6 Å². The Kier molecular flexibility index (Phi) is 6.26. The lowest BCUT2D eigenvalue weighted by molar-refractivity contribution is -0.126. The van der Waals surface area contributed by atoms with E-state index in [1.54, 1.807) is 19.2 Å². The Labute approximate surface area is 143 Å². The maximum Gasteiger partial charge on any atom is 0.387 e. The number of rotatable bonds is 8. The molecule has 1 aliphatic heterocycles. The highest BCUT2D eigenvalue weighted by Gasteiger charge is 2.32. The van der Waals surface area contributed by atoms with Gasteiger partial charge in [0.2, 0.25) is 11.8 Å². The molecule has 0 radical (unpaired) electrons. The van der Waals surface area contributed by atoms with E-state index < -0.39 is 6.61 Å². The summed E-state index contributed by atoms with van der Waals surface area (Å²) in [5.74, 6) is -0.436. The van der Waals surface area contributed by atoms with Crippen LogP contribution in [0.3, 0.4) is 0 Å². The summed E-state index contributed by atoms with van der Waals surface area (Å²) in [6, 6.07) is 5.60. The normalized spacial score (nSPS) is 14.4. The molecule has 0 bridgehead atoms. The van der Waals surface area contributed by atoms with Crippen molar-refractivity contribution in [3.05, 3.63) is 29.8 Å². The number of benzene rings is 1. The minimum Gasteiger partial charge on any atom is -0.435 e. The summed E-state index contributed by atoms with van der Waals surface area (Å²) in [4.78, 5) is 37.5. The minimum atomic E-state index is -2.88. The monoisotopic (exact) mass is 355 g/mol. The predicted octanol–water partition coefficient (Wildman–Crippen LogP) is 1.58. The Bertz CT molecular complexity index is 637. The van der Waals surface area contributed by atoms with Crippen molar-refractivity contribution >= 4 is 17.8 Å². The number of carbonyl (C=O) groups is 3. The molecule has 2 rings (SSSR count). The molecule has 0 aliphatic carbocycles. The first kappa shape index (κ1) is 18.6. The largest absolute Gasteiger partial charge is 0.435 e. The Morgan fingerprint density at radius 1 is 1.28 bits per heavy atom. The number of amides is 4. The number of hydrogen-bond donors (Lipinski definition) is 1. The third kappa shape index (κ3) is 5.40. The van der Waals surface area contributed by atoms with E-state index in [1.807, 2.05) is 0 Å². The summed E-state index contributed by atoms with van der Waals surface area (Å²) in [5, 5.41) is 2.69. The molecule has 1 aliphatic rings. The molecule has 1 aromatic carbocycles. The lowest BCUT2D eigenvalue weighted by atomic mass is 10.2. The molecule has 0 aromatic heterocycles. The zero-order valence-corrected chi connectivity index (χ0v) is 13.7. The van der Waals surface area contributed by atoms with Crippen molar-refractivity contribution in [1.29, 1.82) is 0 Å². The second kappa shape index (κ2) is 8.41. The fourth-order valence-electron chi connectivity index (χ4n) is 2.36. The van der Waals surface area contributed by atoms with Crippen molar-refractivity contribution in [3.8, 4) is 5.75 Å². The van der Waals surface area contributed by atoms with E-state index in [4.69, 9.17) is 0 Å². The van der Waals surface area contributed by atoms with Crippen LogP contribution in [0.4, 0.5) is 13.6 Å². The second-order valence-corrected chi connectivity index (χ2v) is 5.59. The van der Waals surface area contributed by atoms with Crippen LogP contribution < -0.4 is 10.1 Å². The Hall–Kier alpha value is -2.71. The maximum atomic E-state index is 12.0. The van der Waals surface area contributed by atoms with Crippen LogP contribution in [0.15, 0.2) is 24.3 Å². The number of nitrogens with zero attached hydrogens (tertiary/aromatic N) is 2. The summed E-state index contributed by atoms with van der Waals surface area (Å²) in [7, 11) is 1.55. The topological polar surface area (TPSA) is 79.0 Å². The molecule has 1 saturated heterocycles. The van der Waals surface area contributed by atoms with Gasteiger partial charge in [-0.1, -0.05) is 12.1 Å². The van der Waals surface area contributed by atoms with Crippen molar-refractivity contribution in [2.45, 2.75) is 26.0 Å². The zero-order valence-electron chi connectivity index (χ0n) is 13.7. The average molecular weight is 355 g/mol. The van der Waals surface area contributed by atoms with Gasteiger partial charge in [-0.2, -0.15) is 8.78 Å². The van der Waals surface area contributed by atoms with Gasteiger partial charge in [-0.05, 0) is 24.1 Å². The number of likely N-dealkylation sites (N-methyl/N-ethyl adjacent to an activating group) is 1. The molecule has 1 heterocycles. The van der Waals surface area contributed by atoms with Gasteiger partial charge < -0.3 is 15.0 Å². The van der Waals surface area contributed by atoms with Gasteiger partial charge in [-0.15, -0.1) is 0 Å². The first-order chi connectivity index (χ1) is 11.9. The van der Waals surface area contributed by atoms with Crippen LogP contribution in [-0.2, 0) is 16.1 Å². The summed E-state index contributed by atoms with van der Waals surface area (Å²) in [6.07, 6.45) is 0.547. The maximum absolute atomic E-state index is 12.0. The summed E-state index contributed by atoms with van der Waals surface area (Å²) in [5.41, 5.74) is 0.737. The van der Waals surface area contributed by atoms with Crippen molar-refractivity contribution in [1.82, 2.24) is 15.1 Å². The molecule has 25 heavy (non-hydrogen) atoms. The van der Waals surface area contributed by atoms with E-state index in [0.29, 0.717) is 6.42 Å². The van der Waals surface area contributed by atoms with Gasteiger partial charge in [-0.3, -0.25) is 14.5 Å². The third-order valence-electron chi connectivity index (χ3n) is 3.65. The van der Waals surface area contributed by atoms with E-state index in [2.05, 4.69) is 10.1 Å². The predicted molar refractivity (Wildman–Crippen MR) is 83.9 cm³/mol. The van der Waals surface area contributed by atoms with Gasteiger partial charge in [0.05, 0.1) is 0 Å². The van der Waals surface area contributed by atoms with Gasteiger partial charge in [0.15, 0.2) is 0 Å². The van der Waals surface area contributed by atoms with E-state index in [0.717, 1.165) is 10.5 Å². The lowest BCUT2D eigenvalue weighted by Crippen LogP contribution is -2.33. The van der Waals surface area contributed by atoms with E-state index in [-0.39, 0.29) is 49.7 Å². The number of imide groups is 1. The molecular formula is C16H19F2N3O4. The fraction of sp³-hybridized carbons (Fsp3) is 0.438. The SMILES string of the molecule is CN1CC(=O)N(CCCC(=O)NCc2ccc(OC(F)F)cc2)C1=O. The number of alkyl halides is 2. The fourth-order valence-corrected chi connectivity index (χ4v) is 2.36. The molecule has 1 N–H and O–H groups in total. The van der Waals surface area contributed by atoms with Crippen molar-refractivity contribution in [2.75, 3.05) is 20.1 Å². The van der Waals surface area contributed by atoms with Crippen LogP contribution in [-0.4, -0.2) is 54.4 Å². The summed E-state index contributed by atoms with van der Waals surface area (Å²) in [6.45, 7) is -2.36. The van der Waals surface area contributed by atoms with Crippen molar-refractivity contribution in [3.63, 3.8) is 0 Å². The Balaban J connectivity index is 1.69. The molecular weight excluding hydrogens is 336 g/mol. The van der Waals surface area contributed by atoms with Crippen molar-refractivity contribution < 1.29 is 27.9 Å². The molecule has 1 fully saturated rings. The van der Waals surface area contributed by atoms with E-state index in [1.165, 1.54) is 17.0 Å². The van der Waals surface area contributed by atoms with Gasteiger partial charge in [0.1, 0.15) is 12.3 Å². The molecule has 0 saturated carbocycles. The Morgan fingerprint density at radius 3 is 2.52 bits per heavy atom. The van der Waals surface area contributed by atoms with Crippen LogP contribution in [0, 0.1) is 0 Å². The lowest BCUT2D eigenvalue weighted by Gasteiger charge is -2.13. The number of hydrogen-bond acceptors (Lipinski definition) is 4. The number of nitrogens with one attached hydrogen (secondary N) is 1. The quantitative estimate of drug-likeness (QED) is 0.718. The van der Waals surface area contributed by atoms with Crippen LogP contribution in [0.5, 0.6) is 5.75 Å². The van der Waals surface area contributed by atoms with Gasteiger partial charge in [0.25, 0.3) is 0 Å². The molecule has 1 aromatic rings. The standard InChI is InChI=1S/C16H19F2N3O4/c1-20-10-14(23)21(16(20)24)8-2-3-13(22)19-9-11-4-6-12(7-5-11)25-15(17)18/h4-7,15H,2-3,8-10H2,1H3,(H,19,22). The van der Waals surface area contributed by atoms with Gasteiger partial charge in [0, 0.05) is 26.6 Å². The number of halogens is 2. The van der Waals surface area contributed by atoms with Crippen LogP contribution >= 0.6 is 0 Å². The zero-order chi connectivity index (χ0) is 18.4. The number of carbonyl (C=O) groups excluding carboxylic acids is 3. The molecule has 0 atom stereocenters. The molecule has 4 amide bonds. The van der Waals surface area contributed by atoms with Crippen molar-refractivity contribution in [2.24, 2.45) is 0 Å². The summed E-state index contributed by atoms with van der Waals surface area (Å²) < 4.78 is 28.3. The van der Waals surface area contributed by atoms with Crippen LogP contribution in [0.25, 0.3) is 0 Å². The Morgan fingerprint density at radius 2 is 1.96 bits per heavy atom. The molecule has 7 nitrogen and oxygen atoms in total. The smallest absolute Gasteiger partial charge is 0.387 e. The highest BCUT2D eigenvalue weighted by atomic mass is 19.3. The highest BCUT2D eigenvalue weighted by molar-refractivity contribution is 6.01. The molecule has 0 spiro atoms. The molecule has 136 valence electrons. The summed E-state index contributed by atoms with van der Waals surface area (Å²) >= 11 is 0.